The molecule has 164 valence electrons. The quantitative estimate of drug-likeness (QED) is 0.756. The monoisotopic (exact) mass is 424 g/mol. The van der Waals surface area contributed by atoms with Crippen molar-refractivity contribution < 1.29 is 19.0 Å². The van der Waals surface area contributed by atoms with Gasteiger partial charge in [0.05, 0.1) is 7.11 Å². The minimum atomic E-state index is -0.152. The lowest BCUT2D eigenvalue weighted by atomic mass is 10.0. The second-order valence-electron chi connectivity index (χ2n) is 8.17. The summed E-state index contributed by atoms with van der Waals surface area (Å²) in [6, 6.07) is 14.1. The second-order valence-corrected chi connectivity index (χ2v) is 8.17. The molecule has 2 aromatic carbocycles. The number of nitrogens with zero attached hydrogens (tertiary/aromatic N) is 2. The van der Waals surface area contributed by atoms with Gasteiger partial charge in [-0.1, -0.05) is 18.2 Å². The third-order valence-corrected chi connectivity index (χ3v) is 6.18. The van der Waals surface area contributed by atoms with E-state index in [1.807, 2.05) is 30.3 Å². The number of amides is 1. The van der Waals surface area contributed by atoms with Crippen LogP contribution < -0.4 is 24.8 Å². The maximum absolute atomic E-state index is 12.4. The van der Waals surface area contributed by atoms with Crippen molar-refractivity contribution in [1.29, 1.82) is 0 Å². The molecule has 31 heavy (non-hydrogen) atoms. The maximum atomic E-state index is 12.4. The minimum Gasteiger partial charge on any atom is -0.497 e. The number of nitrogens with one attached hydrogen (secondary N) is 2. The van der Waals surface area contributed by atoms with Gasteiger partial charge in [-0.15, -0.1) is 0 Å². The van der Waals surface area contributed by atoms with Crippen LogP contribution in [0.4, 0.5) is 0 Å². The molecule has 3 aliphatic heterocycles. The van der Waals surface area contributed by atoms with Crippen LogP contribution in [0.5, 0.6) is 17.2 Å². The molecule has 3 aliphatic rings. The zero-order chi connectivity index (χ0) is 21.2. The van der Waals surface area contributed by atoms with E-state index in [4.69, 9.17) is 14.2 Å². The zero-order valence-corrected chi connectivity index (χ0v) is 17.7. The minimum absolute atomic E-state index is 0.00341. The fraction of sp³-hybridized carbons (Fsp3) is 0.435. The second kappa shape index (κ2) is 8.74. The predicted octanol–water partition coefficient (Wildman–Crippen LogP) is 1.68. The van der Waals surface area contributed by atoms with Gasteiger partial charge in [-0.3, -0.25) is 19.9 Å². The lowest BCUT2D eigenvalue weighted by Crippen LogP contribution is -2.64. The zero-order valence-electron chi connectivity index (χ0n) is 17.7. The average Bonchev–Trinajstić information content (AvgIpc) is 3.27. The van der Waals surface area contributed by atoms with Crippen molar-refractivity contribution in [3.8, 4) is 17.2 Å². The molecular weight excluding hydrogens is 396 g/mol. The fourth-order valence-electron chi connectivity index (χ4n) is 4.41. The van der Waals surface area contributed by atoms with E-state index in [-0.39, 0.29) is 18.2 Å². The van der Waals surface area contributed by atoms with Crippen LogP contribution in [-0.2, 0) is 11.3 Å². The molecule has 2 saturated heterocycles. The molecule has 3 heterocycles. The van der Waals surface area contributed by atoms with E-state index < -0.39 is 0 Å². The van der Waals surface area contributed by atoms with E-state index in [9.17, 15) is 4.79 Å². The Labute approximate surface area is 182 Å². The molecule has 8 nitrogen and oxygen atoms in total. The van der Waals surface area contributed by atoms with Crippen molar-refractivity contribution in [2.45, 2.75) is 25.3 Å². The molecule has 2 atom stereocenters. The molecule has 0 spiro atoms. The highest BCUT2D eigenvalue weighted by atomic mass is 16.7. The number of methoxy groups -OCH3 is 1. The van der Waals surface area contributed by atoms with E-state index in [0.29, 0.717) is 13.2 Å². The van der Waals surface area contributed by atoms with Crippen LogP contribution in [0.15, 0.2) is 42.5 Å². The smallest absolute Gasteiger partial charge is 0.231 e. The number of fused-ring (bicyclic) bond motifs is 1. The molecule has 1 amide bonds. The molecule has 2 unspecified atom stereocenters. The van der Waals surface area contributed by atoms with Gasteiger partial charge in [-0.25, -0.2) is 0 Å². The van der Waals surface area contributed by atoms with Crippen LogP contribution in [0.3, 0.4) is 0 Å². The number of carbonyl (C=O) groups is 1. The Hall–Kier alpha value is -2.81. The summed E-state index contributed by atoms with van der Waals surface area (Å²) in [6.45, 7) is 4.83. The molecule has 0 saturated carbocycles. The number of piperazine rings is 1. The number of rotatable bonds is 5. The number of ether oxygens (including phenoxy) is 3. The van der Waals surface area contributed by atoms with Crippen molar-refractivity contribution >= 4 is 5.91 Å². The summed E-state index contributed by atoms with van der Waals surface area (Å²) in [4.78, 5) is 17.1. The van der Waals surface area contributed by atoms with Crippen molar-refractivity contribution in [3.63, 3.8) is 0 Å². The van der Waals surface area contributed by atoms with E-state index in [2.05, 4.69) is 32.6 Å². The highest BCUT2D eigenvalue weighted by molar-refractivity contribution is 5.78. The third-order valence-electron chi connectivity index (χ3n) is 6.18. The SMILES string of the molecule is COc1ccc(C2CC(=O)NC(N3CCN(Cc4ccc5c(c4)OCO5)CC3)N2)cc1. The van der Waals surface area contributed by atoms with Gasteiger partial charge < -0.3 is 19.5 Å². The van der Waals surface area contributed by atoms with Gasteiger partial charge >= 0.3 is 0 Å². The van der Waals surface area contributed by atoms with Gasteiger partial charge in [-0.05, 0) is 35.4 Å². The Kier molecular flexibility index (Phi) is 5.67. The Morgan fingerprint density at radius 3 is 2.58 bits per heavy atom. The van der Waals surface area contributed by atoms with Crippen molar-refractivity contribution in [3.05, 3.63) is 53.6 Å². The van der Waals surface area contributed by atoms with Gasteiger partial charge in [0, 0.05) is 45.2 Å². The molecule has 2 N–H and O–H groups in total. The lowest BCUT2D eigenvalue weighted by molar-refractivity contribution is -0.127. The summed E-state index contributed by atoms with van der Waals surface area (Å²) >= 11 is 0. The molecule has 5 rings (SSSR count). The molecule has 0 aromatic heterocycles. The summed E-state index contributed by atoms with van der Waals surface area (Å²) in [6.07, 6.45) is 0.286. The molecule has 0 bridgehead atoms. The number of hydrogen-bond donors (Lipinski definition) is 2. The highest BCUT2D eigenvalue weighted by Crippen LogP contribution is 2.33. The molecule has 8 heteroatoms. The van der Waals surface area contributed by atoms with Crippen LogP contribution in [-0.4, -0.2) is 62.1 Å². The van der Waals surface area contributed by atoms with E-state index in [1.54, 1.807) is 7.11 Å². The molecule has 2 aromatic rings. The standard InChI is InChI=1S/C23H28N4O4/c1-29-18-5-3-17(4-6-18)19-13-22(28)25-23(24-19)27-10-8-26(9-11-27)14-16-2-7-20-21(12-16)31-15-30-20/h2-7,12,19,23-24H,8-11,13-15H2,1H3,(H,25,28). The summed E-state index contributed by atoms with van der Waals surface area (Å²) < 4.78 is 16.1. The first-order chi connectivity index (χ1) is 15.2. The molecule has 2 fully saturated rings. The summed E-state index contributed by atoms with van der Waals surface area (Å²) in [5.41, 5.74) is 2.32. The Balaban J connectivity index is 1.17. The summed E-state index contributed by atoms with van der Waals surface area (Å²) in [5, 5.41) is 6.71. The number of hydrogen-bond acceptors (Lipinski definition) is 7. The third kappa shape index (κ3) is 4.46. The predicted molar refractivity (Wildman–Crippen MR) is 115 cm³/mol. The van der Waals surface area contributed by atoms with E-state index in [1.165, 1.54) is 5.56 Å². The van der Waals surface area contributed by atoms with Gasteiger partial charge in [0.25, 0.3) is 0 Å². The normalized spacial score (nSPS) is 24.1. The molecule has 0 aliphatic carbocycles. The average molecular weight is 425 g/mol. The topological polar surface area (TPSA) is 75.3 Å². The summed E-state index contributed by atoms with van der Waals surface area (Å²) in [7, 11) is 1.66. The van der Waals surface area contributed by atoms with Gasteiger partial charge in [0.15, 0.2) is 11.5 Å². The van der Waals surface area contributed by atoms with E-state index >= 15 is 0 Å². The first-order valence-corrected chi connectivity index (χ1v) is 10.7. The van der Waals surface area contributed by atoms with Gasteiger partial charge in [0.2, 0.25) is 12.7 Å². The summed E-state index contributed by atoms with van der Waals surface area (Å²) in [5.74, 6) is 2.54. The number of carbonyl (C=O) groups excluding carboxylic acids is 1. The molecular formula is C23H28N4O4. The van der Waals surface area contributed by atoms with Crippen molar-refractivity contribution in [2.75, 3.05) is 40.1 Å². The van der Waals surface area contributed by atoms with Gasteiger partial charge in [0.1, 0.15) is 12.0 Å². The largest absolute Gasteiger partial charge is 0.497 e. The first-order valence-electron chi connectivity index (χ1n) is 10.7. The Bertz CT molecular complexity index is 928. The molecule has 0 radical (unpaired) electrons. The van der Waals surface area contributed by atoms with Crippen LogP contribution in [0.1, 0.15) is 23.6 Å². The van der Waals surface area contributed by atoms with Crippen molar-refractivity contribution in [2.24, 2.45) is 0 Å². The van der Waals surface area contributed by atoms with E-state index in [0.717, 1.165) is 55.5 Å². The van der Waals surface area contributed by atoms with Crippen LogP contribution in [0, 0.1) is 0 Å². The van der Waals surface area contributed by atoms with Crippen LogP contribution in [0.25, 0.3) is 0 Å². The first kappa shape index (κ1) is 20.1. The fourth-order valence-corrected chi connectivity index (χ4v) is 4.41. The van der Waals surface area contributed by atoms with Crippen LogP contribution in [0.2, 0.25) is 0 Å². The van der Waals surface area contributed by atoms with Gasteiger partial charge in [-0.2, -0.15) is 0 Å². The van der Waals surface area contributed by atoms with Crippen LogP contribution >= 0.6 is 0 Å². The highest BCUT2D eigenvalue weighted by Gasteiger charge is 2.32. The maximum Gasteiger partial charge on any atom is 0.231 e. The Morgan fingerprint density at radius 2 is 1.81 bits per heavy atom. The Morgan fingerprint density at radius 1 is 1.03 bits per heavy atom. The number of benzene rings is 2. The lowest BCUT2D eigenvalue weighted by Gasteiger charge is -2.43. The van der Waals surface area contributed by atoms with Crippen molar-refractivity contribution in [1.82, 2.24) is 20.4 Å².